The molecule has 1 aliphatic heterocycles. The molecule has 3 aromatic carbocycles. The Labute approximate surface area is 229 Å². The quantitative estimate of drug-likeness (QED) is 0.284. The smallest absolute Gasteiger partial charge is 0.338 e. The maximum absolute atomic E-state index is 12.0. The number of hydrogen-bond donors (Lipinski definition) is 1. The summed E-state index contributed by atoms with van der Waals surface area (Å²) in [6.45, 7) is 7.35. The van der Waals surface area contributed by atoms with Gasteiger partial charge in [-0.05, 0) is 104 Å². The lowest BCUT2D eigenvalue weighted by molar-refractivity contribution is 0.0526. The number of hydrogen-bond acceptors (Lipinski definition) is 6. The number of esters is 1. The first-order chi connectivity index (χ1) is 18.4. The van der Waals surface area contributed by atoms with E-state index in [9.17, 15) is 4.79 Å². The molecule has 0 spiro atoms. The van der Waals surface area contributed by atoms with E-state index in [0.717, 1.165) is 29.8 Å². The summed E-state index contributed by atoms with van der Waals surface area (Å²) >= 11 is 5.93. The lowest BCUT2D eigenvalue weighted by atomic mass is 9.92. The number of anilines is 1. The van der Waals surface area contributed by atoms with Crippen LogP contribution in [0.5, 0.6) is 17.2 Å². The van der Waals surface area contributed by atoms with Crippen molar-refractivity contribution in [1.29, 1.82) is 0 Å². The second-order valence-corrected chi connectivity index (χ2v) is 9.49. The van der Waals surface area contributed by atoms with Gasteiger partial charge >= 0.3 is 5.97 Å². The minimum absolute atomic E-state index is 0.173. The Kier molecular flexibility index (Phi) is 8.73. The second kappa shape index (κ2) is 12.2. The van der Waals surface area contributed by atoms with E-state index in [0.29, 0.717) is 41.1 Å². The van der Waals surface area contributed by atoms with Crippen molar-refractivity contribution in [2.24, 2.45) is 0 Å². The number of carbonyl (C=O) groups is 1. The highest BCUT2D eigenvalue weighted by atomic mass is 32.1. The van der Waals surface area contributed by atoms with Crippen molar-refractivity contribution < 1.29 is 23.7 Å². The Morgan fingerprint density at radius 2 is 1.76 bits per heavy atom. The highest BCUT2D eigenvalue weighted by Gasteiger charge is 2.31. The monoisotopic (exact) mass is 534 g/mol. The predicted octanol–water partition coefficient (Wildman–Crippen LogP) is 5.87. The molecule has 4 rings (SSSR count). The lowest BCUT2D eigenvalue weighted by Crippen LogP contribution is -2.44. The molecule has 0 radical (unpaired) electrons. The third kappa shape index (κ3) is 5.86. The Hall–Kier alpha value is -3.78. The van der Waals surface area contributed by atoms with Crippen LogP contribution in [0, 0.1) is 13.8 Å². The van der Waals surface area contributed by atoms with E-state index in [1.54, 1.807) is 45.4 Å². The van der Waals surface area contributed by atoms with E-state index in [1.165, 1.54) is 11.1 Å². The summed E-state index contributed by atoms with van der Waals surface area (Å²) in [6.07, 6.45) is 0.801. The molecule has 0 amide bonds. The molecule has 3 aromatic rings. The molecular formula is C30H34N2O5S. The summed E-state index contributed by atoms with van der Waals surface area (Å²) in [7, 11) is 3.28. The number of nitrogens with one attached hydrogen (secondary N) is 1. The summed E-state index contributed by atoms with van der Waals surface area (Å²) in [5.74, 6) is 1.66. The van der Waals surface area contributed by atoms with Gasteiger partial charge in [-0.3, -0.25) is 0 Å². The fourth-order valence-electron chi connectivity index (χ4n) is 4.60. The van der Waals surface area contributed by atoms with Gasteiger partial charge in [-0.25, -0.2) is 4.79 Å². The van der Waals surface area contributed by atoms with Crippen molar-refractivity contribution in [3.63, 3.8) is 0 Å². The Morgan fingerprint density at radius 1 is 1.05 bits per heavy atom. The number of aryl methyl sites for hydroxylation is 1. The Balaban J connectivity index is 1.62. The molecule has 1 aliphatic rings. The van der Waals surface area contributed by atoms with Gasteiger partial charge in [0.2, 0.25) is 0 Å². The summed E-state index contributed by atoms with van der Waals surface area (Å²) in [5, 5.41) is 4.09. The molecule has 0 aliphatic carbocycles. The summed E-state index contributed by atoms with van der Waals surface area (Å²) in [6, 6.07) is 17.0. The summed E-state index contributed by atoms with van der Waals surface area (Å²) < 4.78 is 22.5. The predicted molar refractivity (Wildman–Crippen MR) is 153 cm³/mol. The average Bonchev–Trinajstić information content (AvgIpc) is 2.93. The van der Waals surface area contributed by atoms with Gasteiger partial charge in [-0.1, -0.05) is 12.1 Å². The number of rotatable bonds is 8. The number of nitrogens with zero attached hydrogens (tertiary/aromatic N) is 1. The molecule has 0 unspecified atom stereocenters. The van der Waals surface area contributed by atoms with Crippen LogP contribution in [0.15, 0.2) is 54.6 Å². The van der Waals surface area contributed by atoms with E-state index in [-0.39, 0.29) is 12.0 Å². The van der Waals surface area contributed by atoms with Gasteiger partial charge in [0, 0.05) is 12.2 Å². The van der Waals surface area contributed by atoms with E-state index in [1.807, 2.05) is 24.3 Å². The highest BCUT2D eigenvalue weighted by molar-refractivity contribution is 7.80. The SMILES string of the molecule is CCOC(=O)c1ccc(OC[C@H]2c3cc(OC)c(OC)cc3CCN2C(=S)Nc2cccc(C)c2C)cc1. The largest absolute Gasteiger partial charge is 0.493 e. The fourth-order valence-corrected chi connectivity index (χ4v) is 4.93. The zero-order valence-corrected chi connectivity index (χ0v) is 23.3. The highest BCUT2D eigenvalue weighted by Crippen LogP contribution is 2.39. The molecule has 7 nitrogen and oxygen atoms in total. The molecule has 1 N–H and O–H groups in total. The van der Waals surface area contributed by atoms with Crippen LogP contribution in [-0.4, -0.2) is 50.0 Å². The van der Waals surface area contributed by atoms with Gasteiger partial charge < -0.3 is 29.2 Å². The van der Waals surface area contributed by atoms with Crippen molar-refractivity contribution in [3.05, 3.63) is 82.4 Å². The second-order valence-electron chi connectivity index (χ2n) is 9.10. The minimum Gasteiger partial charge on any atom is -0.493 e. The van der Waals surface area contributed by atoms with E-state index >= 15 is 0 Å². The van der Waals surface area contributed by atoms with Crippen molar-refractivity contribution >= 4 is 29.0 Å². The van der Waals surface area contributed by atoms with Gasteiger partial charge in [-0.2, -0.15) is 0 Å². The van der Waals surface area contributed by atoms with E-state index in [2.05, 4.69) is 30.1 Å². The summed E-state index contributed by atoms with van der Waals surface area (Å²) in [5.41, 5.74) is 6.07. The Bertz CT molecular complexity index is 1310. The number of carbonyl (C=O) groups excluding carboxylic acids is 1. The normalized spacial score (nSPS) is 14.3. The molecular weight excluding hydrogens is 500 g/mol. The molecule has 200 valence electrons. The zero-order chi connectivity index (χ0) is 27.2. The zero-order valence-electron chi connectivity index (χ0n) is 22.5. The van der Waals surface area contributed by atoms with Crippen LogP contribution in [0.2, 0.25) is 0 Å². The third-order valence-corrected chi connectivity index (χ3v) is 7.22. The molecule has 0 aromatic heterocycles. The van der Waals surface area contributed by atoms with Crippen LogP contribution in [0.4, 0.5) is 5.69 Å². The van der Waals surface area contributed by atoms with Gasteiger partial charge in [0.05, 0.1) is 32.4 Å². The van der Waals surface area contributed by atoms with Gasteiger partial charge in [0.15, 0.2) is 16.6 Å². The maximum Gasteiger partial charge on any atom is 0.338 e. The number of ether oxygens (including phenoxy) is 4. The van der Waals surface area contributed by atoms with E-state index < -0.39 is 0 Å². The van der Waals surface area contributed by atoms with Crippen LogP contribution < -0.4 is 19.5 Å². The maximum atomic E-state index is 12.0. The molecule has 0 saturated heterocycles. The lowest BCUT2D eigenvalue weighted by Gasteiger charge is -2.39. The fraction of sp³-hybridized carbons (Fsp3) is 0.333. The topological polar surface area (TPSA) is 69.3 Å². The molecule has 8 heteroatoms. The van der Waals surface area contributed by atoms with E-state index in [4.69, 9.17) is 31.2 Å². The van der Waals surface area contributed by atoms with Crippen LogP contribution in [0.1, 0.15) is 45.6 Å². The van der Waals surface area contributed by atoms with Crippen molar-refractivity contribution in [2.75, 3.05) is 39.3 Å². The van der Waals surface area contributed by atoms with Crippen molar-refractivity contribution in [2.45, 2.75) is 33.2 Å². The van der Waals surface area contributed by atoms with Crippen molar-refractivity contribution in [1.82, 2.24) is 4.90 Å². The van der Waals surface area contributed by atoms with Gasteiger partial charge in [0.25, 0.3) is 0 Å². The number of benzene rings is 3. The first kappa shape index (κ1) is 27.3. The van der Waals surface area contributed by atoms with Crippen LogP contribution in [0.3, 0.4) is 0 Å². The minimum atomic E-state index is -0.352. The third-order valence-electron chi connectivity index (χ3n) is 6.88. The average molecular weight is 535 g/mol. The van der Waals surface area contributed by atoms with Gasteiger partial charge in [-0.15, -0.1) is 0 Å². The standard InChI is InChI=1S/C30H34N2O5S/c1-6-36-29(33)21-10-12-23(13-11-21)37-18-26-24-17-28(35-5)27(34-4)16-22(24)14-15-32(26)30(38)31-25-9-7-8-19(2)20(25)3/h7-13,16-17,26H,6,14-15,18H2,1-5H3,(H,31,38)/t26-/m0/s1. The molecule has 0 bridgehead atoms. The molecule has 1 atom stereocenters. The summed E-state index contributed by atoms with van der Waals surface area (Å²) in [4.78, 5) is 14.2. The van der Waals surface area contributed by atoms with Gasteiger partial charge in [0.1, 0.15) is 12.4 Å². The van der Waals surface area contributed by atoms with Crippen LogP contribution in [0.25, 0.3) is 0 Å². The molecule has 1 heterocycles. The number of thiocarbonyl (C=S) groups is 1. The molecule has 0 fully saturated rings. The molecule has 38 heavy (non-hydrogen) atoms. The van der Waals surface area contributed by atoms with Crippen molar-refractivity contribution in [3.8, 4) is 17.2 Å². The first-order valence-electron chi connectivity index (χ1n) is 12.6. The van der Waals surface area contributed by atoms with Crippen LogP contribution in [-0.2, 0) is 11.2 Å². The number of fused-ring (bicyclic) bond motifs is 1. The number of methoxy groups -OCH3 is 2. The first-order valence-corrected chi connectivity index (χ1v) is 13.1. The Morgan fingerprint density at radius 3 is 2.45 bits per heavy atom. The van der Waals surface area contributed by atoms with Crippen LogP contribution >= 0.6 is 12.2 Å². The molecule has 0 saturated carbocycles.